The van der Waals surface area contributed by atoms with Gasteiger partial charge in [-0.15, -0.1) is 0 Å². The molecule has 29 heavy (non-hydrogen) atoms. The molecule has 0 aliphatic carbocycles. The van der Waals surface area contributed by atoms with Gasteiger partial charge >= 0.3 is 5.69 Å². The van der Waals surface area contributed by atoms with Crippen LogP contribution in [0.4, 0.5) is 0 Å². The smallest absolute Gasteiger partial charge is 0.323 e. The average molecular weight is 394 g/mol. The van der Waals surface area contributed by atoms with Crippen molar-refractivity contribution in [1.82, 2.24) is 29.5 Å². The number of hydrogen-bond donors (Lipinski definition) is 2. The molecular weight excluding hydrogens is 372 g/mol. The zero-order valence-electron chi connectivity index (χ0n) is 15.9. The number of amides is 2. The van der Waals surface area contributed by atoms with Crippen LogP contribution in [0.3, 0.4) is 0 Å². The minimum Gasteiger partial charge on any atom is -0.339 e. The van der Waals surface area contributed by atoms with Crippen molar-refractivity contribution in [2.75, 3.05) is 26.2 Å². The first-order valence-corrected chi connectivity index (χ1v) is 9.54. The molecule has 150 valence electrons. The van der Waals surface area contributed by atoms with Crippen LogP contribution in [-0.4, -0.2) is 67.5 Å². The van der Waals surface area contributed by atoms with E-state index in [4.69, 9.17) is 0 Å². The molecule has 2 amide bonds. The van der Waals surface area contributed by atoms with Crippen LogP contribution in [0.5, 0.6) is 0 Å². The highest BCUT2D eigenvalue weighted by atomic mass is 16.2. The lowest BCUT2D eigenvalue weighted by atomic mass is 10.1. The van der Waals surface area contributed by atoms with Crippen LogP contribution in [0, 0.1) is 0 Å². The topological polar surface area (TPSA) is 107 Å². The van der Waals surface area contributed by atoms with E-state index >= 15 is 0 Å². The Morgan fingerprint density at radius 2 is 1.86 bits per heavy atom. The summed E-state index contributed by atoms with van der Waals surface area (Å²) in [6.45, 7) is 2.01. The van der Waals surface area contributed by atoms with Crippen LogP contribution in [0.2, 0.25) is 0 Å². The van der Waals surface area contributed by atoms with Crippen molar-refractivity contribution >= 4 is 11.8 Å². The minimum atomic E-state index is -0.267. The van der Waals surface area contributed by atoms with Crippen molar-refractivity contribution < 1.29 is 9.59 Å². The molecule has 2 aromatic heterocycles. The summed E-state index contributed by atoms with van der Waals surface area (Å²) < 4.78 is 1.71. The van der Waals surface area contributed by atoms with E-state index in [-0.39, 0.29) is 17.5 Å². The monoisotopic (exact) mass is 394 g/mol. The number of imidazole rings is 1. The Morgan fingerprint density at radius 1 is 1.07 bits per heavy atom. The summed E-state index contributed by atoms with van der Waals surface area (Å²) >= 11 is 0. The lowest BCUT2D eigenvalue weighted by Crippen LogP contribution is -2.50. The minimum absolute atomic E-state index is 0.0276. The second-order valence-corrected chi connectivity index (χ2v) is 6.94. The number of carbonyl (C=O) groups is 2. The van der Waals surface area contributed by atoms with Crippen LogP contribution in [0.25, 0.3) is 5.69 Å². The summed E-state index contributed by atoms with van der Waals surface area (Å²) in [5.41, 5.74) is 1.89. The fourth-order valence-electron chi connectivity index (χ4n) is 3.45. The Kier molecular flexibility index (Phi) is 5.28. The van der Waals surface area contributed by atoms with Gasteiger partial charge in [0.2, 0.25) is 5.91 Å². The van der Waals surface area contributed by atoms with Crippen molar-refractivity contribution in [3.8, 4) is 5.69 Å². The number of aromatic amines is 2. The van der Waals surface area contributed by atoms with Crippen LogP contribution in [0.15, 0.2) is 53.7 Å². The molecular formula is C20H22N6O3. The molecule has 2 N–H and O–H groups in total. The Hall–Kier alpha value is -3.62. The molecule has 3 heterocycles. The lowest BCUT2D eigenvalue weighted by molar-refractivity contribution is -0.132. The predicted octanol–water partition coefficient (Wildman–Crippen LogP) is 0.806. The van der Waals surface area contributed by atoms with Gasteiger partial charge in [-0.2, -0.15) is 5.10 Å². The van der Waals surface area contributed by atoms with Gasteiger partial charge in [-0.3, -0.25) is 9.59 Å². The number of nitrogens with zero attached hydrogens (tertiary/aromatic N) is 4. The van der Waals surface area contributed by atoms with E-state index in [0.717, 1.165) is 5.69 Å². The lowest BCUT2D eigenvalue weighted by Gasteiger charge is -2.35. The molecule has 0 unspecified atom stereocenters. The summed E-state index contributed by atoms with van der Waals surface area (Å²) in [4.78, 5) is 45.1. The van der Waals surface area contributed by atoms with E-state index in [1.54, 1.807) is 32.9 Å². The van der Waals surface area contributed by atoms with Crippen molar-refractivity contribution in [3.05, 3.63) is 70.7 Å². The highest BCUT2D eigenvalue weighted by Crippen LogP contribution is 2.14. The van der Waals surface area contributed by atoms with E-state index in [1.165, 1.54) is 0 Å². The van der Waals surface area contributed by atoms with E-state index in [1.807, 2.05) is 30.5 Å². The van der Waals surface area contributed by atoms with E-state index in [9.17, 15) is 14.4 Å². The van der Waals surface area contributed by atoms with Gasteiger partial charge in [0.1, 0.15) is 0 Å². The highest BCUT2D eigenvalue weighted by molar-refractivity contribution is 5.95. The third-order valence-electron chi connectivity index (χ3n) is 5.04. The first-order chi connectivity index (χ1) is 14.1. The predicted molar refractivity (Wildman–Crippen MR) is 106 cm³/mol. The second kappa shape index (κ2) is 8.17. The molecule has 1 aromatic carbocycles. The largest absolute Gasteiger partial charge is 0.339 e. The Balaban J connectivity index is 1.32. The fraction of sp³-hybridized carbons (Fsp3) is 0.300. The summed E-state index contributed by atoms with van der Waals surface area (Å²) in [6.07, 6.45) is 5.92. The molecule has 1 aliphatic heterocycles. The SMILES string of the molecule is O=C(CCc1c[nH]c(=O)[nH]1)N1CCN(C(=O)c2cccc(-n3cccn3)c2)CC1. The number of piperazine rings is 1. The second-order valence-electron chi connectivity index (χ2n) is 6.94. The number of carbonyl (C=O) groups excluding carboxylic acids is 2. The molecule has 1 fully saturated rings. The van der Waals surface area contributed by atoms with E-state index < -0.39 is 0 Å². The molecule has 9 heteroatoms. The van der Waals surface area contributed by atoms with Gasteiger partial charge in [0.05, 0.1) is 5.69 Å². The summed E-state index contributed by atoms with van der Waals surface area (Å²) in [5.74, 6) is -0.0177. The maximum Gasteiger partial charge on any atom is 0.323 e. The van der Waals surface area contributed by atoms with Gasteiger partial charge < -0.3 is 19.8 Å². The molecule has 9 nitrogen and oxygen atoms in total. The number of benzene rings is 1. The molecule has 0 saturated carbocycles. The average Bonchev–Trinajstić information content (AvgIpc) is 3.44. The molecule has 3 aromatic rings. The molecule has 1 saturated heterocycles. The molecule has 0 bridgehead atoms. The van der Waals surface area contributed by atoms with Crippen molar-refractivity contribution in [1.29, 1.82) is 0 Å². The summed E-state index contributed by atoms with van der Waals surface area (Å²) in [7, 11) is 0. The van der Waals surface area contributed by atoms with Crippen molar-refractivity contribution in [2.24, 2.45) is 0 Å². The van der Waals surface area contributed by atoms with E-state index in [0.29, 0.717) is 50.3 Å². The third-order valence-corrected chi connectivity index (χ3v) is 5.04. The standard InChI is InChI=1S/C20H22N6O3/c27-18(6-5-16-14-21-20(29)23-16)24-9-11-25(12-10-24)19(28)15-3-1-4-17(13-15)26-8-2-7-22-26/h1-4,7-8,13-14H,5-6,9-12H2,(H2,21,23,29). The fourth-order valence-corrected chi connectivity index (χ4v) is 3.45. The molecule has 1 aliphatic rings. The number of nitrogens with one attached hydrogen (secondary N) is 2. The summed E-state index contributed by atoms with van der Waals surface area (Å²) in [6, 6.07) is 9.20. The molecule has 0 radical (unpaired) electrons. The Bertz CT molecular complexity index is 1040. The number of aromatic nitrogens is 4. The summed E-state index contributed by atoms with van der Waals surface area (Å²) in [5, 5.41) is 4.20. The highest BCUT2D eigenvalue weighted by Gasteiger charge is 2.25. The van der Waals surface area contributed by atoms with Gasteiger partial charge in [-0.1, -0.05) is 6.07 Å². The van der Waals surface area contributed by atoms with Crippen LogP contribution in [0.1, 0.15) is 22.5 Å². The van der Waals surface area contributed by atoms with Crippen molar-refractivity contribution in [2.45, 2.75) is 12.8 Å². The Labute approximate surface area is 166 Å². The third kappa shape index (κ3) is 4.29. The number of H-pyrrole nitrogens is 2. The molecule has 0 atom stereocenters. The van der Waals surface area contributed by atoms with Gasteiger partial charge in [0, 0.05) is 62.4 Å². The van der Waals surface area contributed by atoms with Crippen LogP contribution in [-0.2, 0) is 11.2 Å². The van der Waals surface area contributed by atoms with Gasteiger partial charge in [0.25, 0.3) is 5.91 Å². The van der Waals surface area contributed by atoms with Gasteiger partial charge in [0.15, 0.2) is 0 Å². The number of rotatable bonds is 5. The van der Waals surface area contributed by atoms with Crippen molar-refractivity contribution in [3.63, 3.8) is 0 Å². The number of hydrogen-bond acceptors (Lipinski definition) is 4. The maximum absolute atomic E-state index is 12.9. The van der Waals surface area contributed by atoms with Gasteiger partial charge in [-0.05, 0) is 30.7 Å². The molecule has 0 spiro atoms. The number of aryl methyl sites for hydroxylation is 1. The molecule has 4 rings (SSSR count). The first-order valence-electron chi connectivity index (χ1n) is 9.54. The van der Waals surface area contributed by atoms with Crippen LogP contribution < -0.4 is 5.69 Å². The zero-order chi connectivity index (χ0) is 20.2. The normalized spacial score (nSPS) is 14.2. The van der Waals surface area contributed by atoms with Gasteiger partial charge in [-0.25, -0.2) is 9.48 Å². The van der Waals surface area contributed by atoms with E-state index in [2.05, 4.69) is 15.1 Å². The first kappa shape index (κ1) is 18.7. The Morgan fingerprint density at radius 3 is 2.55 bits per heavy atom. The quantitative estimate of drug-likeness (QED) is 0.668. The maximum atomic E-state index is 12.9. The van der Waals surface area contributed by atoms with Crippen LogP contribution >= 0.6 is 0 Å². The zero-order valence-corrected chi connectivity index (χ0v) is 15.9.